The summed E-state index contributed by atoms with van der Waals surface area (Å²) in [6, 6.07) is 7.80. The summed E-state index contributed by atoms with van der Waals surface area (Å²) in [4.78, 5) is 2.06. The number of thiophene rings is 2. The van der Waals surface area contributed by atoms with Crippen LogP contribution in [0.25, 0.3) is 0 Å². The first kappa shape index (κ1) is 12.5. The molecule has 0 unspecified atom stereocenters. The Morgan fingerprint density at radius 3 is 2.39 bits per heavy atom. The van der Waals surface area contributed by atoms with Crippen molar-refractivity contribution in [2.24, 2.45) is 21.0 Å². The molecule has 2 aromatic heterocycles. The molecule has 0 aromatic carbocycles. The maximum atomic E-state index is 5.57. The second-order valence-electron chi connectivity index (χ2n) is 3.13. The van der Waals surface area contributed by atoms with Gasteiger partial charge in [-0.15, -0.1) is 27.8 Å². The molecule has 3 N–H and O–H groups in total. The Hall–Kier alpha value is -1.99. The van der Waals surface area contributed by atoms with Gasteiger partial charge in [-0.2, -0.15) is 10.2 Å². The van der Waals surface area contributed by atoms with Gasteiger partial charge in [0.15, 0.2) is 0 Å². The van der Waals surface area contributed by atoms with Gasteiger partial charge in [0.25, 0.3) is 0 Å². The zero-order valence-electron chi connectivity index (χ0n) is 9.35. The van der Waals surface area contributed by atoms with E-state index in [1.807, 2.05) is 35.0 Å². The Bertz CT molecular complexity index is 540. The summed E-state index contributed by atoms with van der Waals surface area (Å²) >= 11 is 3.18. The van der Waals surface area contributed by atoms with Crippen molar-refractivity contribution in [2.45, 2.75) is 0 Å². The van der Waals surface area contributed by atoms with Crippen LogP contribution in [0.4, 0.5) is 0 Å². The Morgan fingerprint density at radius 2 is 1.78 bits per heavy atom. The van der Waals surface area contributed by atoms with Gasteiger partial charge in [0.2, 0.25) is 5.96 Å². The van der Waals surface area contributed by atoms with Crippen LogP contribution in [0.5, 0.6) is 0 Å². The van der Waals surface area contributed by atoms with Crippen molar-refractivity contribution >= 4 is 41.1 Å². The highest BCUT2D eigenvalue weighted by Gasteiger charge is 1.89. The van der Waals surface area contributed by atoms with Crippen LogP contribution in [-0.2, 0) is 0 Å². The molecule has 0 aliphatic carbocycles. The van der Waals surface area contributed by atoms with Crippen LogP contribution in [0.2, 0.25) is 0 Å². The molecule has 18 heavy (non-hydrogen) atoms. The molecule has 2 rings (SSSR count). The number of nitrogens with two attached hydrogens (primary N) is 1. The van der Waals surface area contributed by atoms with Crippen molar-refractivity contribution in [1.82, 2.24) is 5.43 Å². The van der Waals surface area contributed by atoms with Gasteiger partial charge in [0.1, 0.15) is 0 Å². The molecule has 92 valence electrons. The van der Waals surface area contributed by atoms with Gasteiger partial charge in [-0.05, 0) is 22.9 Å². The Balaban J connectivity index is 1.82. The molecule has 2 aromatic rings. The molecule has 0 atom stereocenters. The minimum Gasteiger partial charge on any atom is -0.367 e. The van der Waals surface area contributed by atoms with E-state index < -0.39 is 0 Å². The van der Waals surface area contributed by atoms with Crippen LogP contribution in [-0.4, -0.2) is 18.4 Å². The van der Waals surface area contributed by atoms with E-state index in [-0.39, 0.29) is 5.96 Å². The molecule has 0 amide bonds. The lowest BCUT2D eigenvalue weighted by atomic mass is 10.5. The number of rotatable bonds is 4. The molecule has 0 saturated heterocycles. The Morgan fingerprint density at radius 1 is 1.11 bits per heavy atom. The summed E-state index contributed by atoms with van der Waals surface area (Å²) in [7, 11) is 0. The van der Waals surface area contributed by atoms with Crippen LogP contribution in [0.1, 0.15) is 9.75 Å². The van der Waals surface area contributed by atoms with Gasteiger partial charge >= 0.3 is 0 Å². The minimum absolute atomic E-state index is 0.149. The highest BCUT2D eigenvalue weighted by Crippen LogP contribution is 2.05. The maximum absolute atomic E-state index is 5.57. The number of nitrogens with one attached hydrogen (secondary N) is 1. The van der Waals surface area contributed by atoms with E-state index in [1.54, 1.807) is 35.1 Å². The number of hydrogen-bond acceptors (Lipinski definition) is 5. The molecule has 7 heteroatoms. The fraction of sp³-hybridized carbons (Fsp3) is 0. The summed E-state index contributed by atoms with van der Waals surface area (Å²) in [6.45, 7) is 0. The van der Waals surface area contributed by atoms with Crippen molar-refractivity contribution in [3.63, 3.8) is 0 Å². The topological polar surface area (TPSA) is 75.1 Å². The fourth-order valence-electron chi connectivity index (χ4n) is 1.06. The van der Waals surface area contributed by atoms with Crippen LogP contribution in [0.15, 0.2) is 50.3 Å². The lowest BCUT2D eigenvalue weighted by Crippen LogP contribution is -2.26. The van der Waals surface area contributed by atoms with Crippen LogP contribution in [0.3, 0.4) is 0 Å². The number of hydrogen-bond donors (Lipinski definition) is 2. The highest BCUT2D eigenvalue weighted by atomic mass is 32.1. The second-order valence-corrected chi connectivity index (χ2v) is 5.09. The van der Waals surface area contributed by atoms with E-state index in [0.29, 0.717) is 0 Å². The normalized spacial score (nSPS) is 12.6. The molecule has 0 radical (unpaired) electrons. The summed E-state index contributed by atoms with van der Waals surface area (Å²) in [6.07, 6.45) is 3.32. The second kappa shape index (κ2) is 6.67. The van der Waals surface area contributed by atoms with E-state index in [9.17, 15) is 0 Å². The monoisotopic (exact) mass is 277 g/mol. The molecule has 0 aliphatic heterocycles. The zero-order chi connectivity index (χ0) is 12.6. The van der Waals surface area contributed by atoms with Gasteiger partial charge in [0, 0.05) is 9.75 Å². The predicted octanol–water partition coefficient (Wildman–Crippen LogP) is 2.08. The third kappa shape index (κ3) is 4.11. The molecule has 2 heterocycles. The van der Waals surface area contributed by atoms with E-state index >= 15 is 0 Å². The summed E-state index contributed by atoms with van der Waals surface area (Å²) in [5.74, 6) is 0.149. The van der Waals surface area contributed by atoms with Crippen molar-refractivity contribution < 1.29 is 0 Å². The van der Waals surface area contributed by atoms with Crippen molar-refractivity contribution in [3.05, 3.63) is 44.8 Å². The fourth-order valence-corrected chi connectivity index (χ4v) is 2.23. The van der Waals surface area contributed by atoms with Gasteiger partial charge in [-0.25, -0.2) is 5.43 Å². The largest absolute Gasteiger partial charge is 0.367 e. The molecule has 0 fully saturated rings. The zero-order valence-corrected chi connectivity index (χ0v) is 11.0. The van der Waals surface area contributed by atoms with E-state index in [1.165, 1.54) is 0 Å². The Kier molecular flexibility index (Phi) is 4.62. The lowest BCUT2D eigenvalue weighted by molar-refractivity contribution is 0.995. The summed E-state index contributed by atoms with van der Waals surface area (Å²) in [5.41, 5.74) is 8.17. The van der Waals surface area contributed by atoms with Crippen LogP contribution in [0, 0.1) is 0 Å². The molecule has 0 spiro atoms. The van der Waals surface area contributed by atoms with Gasteiger partial charge in [-0.3, -0.25) is 0 Å². The number of nitrogens with zero attached hydrogens (tertiary/aromatic N) is 3. The maximum Gasteiger partial charge on any atom is 0.234 e. The molecule has 0 saturated carbocycles. The predicted molar refractivity (Wildman–Crippen MR) is 78.6 cm³/mol. The third-order valence-electron chi connectivity index (χ3n) is 1.81. The van der Waals surface area contributed by atoms with Gasteiger partial charge in [-0.1, -0.05) is 12.1 Å². The van der Waals surface area contributed by atoms with E-state index in [2.05, 4.69) is 20.7 Å². The SMILES string of the molecule is NC(=N/N=C\c1cccs1)N/N=C\c1cccs1. The lowest BCUT2D eigenvalue weighted by Gasteiger charge is -1.94. The number of guanidine groups is 1. The first-order valence-electron chi connectivity index (χ1n) is 5.07. The van der Waals surface area contributed by atoms with Crippen molar-refractivity contribution in [3.8, 4) is 0 Å². The first-order chi connectivity index (χ1) is 8.84. The molecule has 0 bridgehead atoms. The van der Waals surface area contributed by atoms with Gasteiger partial charge < -0.3 is 5.73 Å². The smallest absolute Gasteiger partial charge is 0.234 e. The summed E-state index contributed by atoms with van der Waals surface area (Å²) < 4.78 is 0. The Labute approximate surface area is 112 Å². The van der Waals surface area contributed by atoms with Crippen LogP contribution < -0.4 is 11.2 Å². The molecule has 0 aliphatic rings. The third-order valence-corrected chi connectivity index (χ3v) is 3.42. The minimum atomic E-state index is 0.149. The highest BCUT2D eigenvalue weighted by molar-refractivity contribution is 7.12. The average molecular weight is 277 g/mol. The average Bonchev–Trinajstić information content (AvgIpc) is 3.01. The molecular weight excluding hydrogens is 266 g/mol. The summed E-state index contributed by atoms with van der Waals surface area (Å²) in [5, 5.41) is 15.5. The first-order valence-corrected chi connectivity index (χ1v) is 6.83. The molecular formula is C11H11N5S2. The quantitative estimate of drug-likeness (QED) is 0.510. The van der Waals surface area contributed by atoms with E-state index in [4.69, 9.17) is 5.73 Å². The number of hydrazone groups is 1. The van der Waals surface area contributed by atoms with E-state index in [0.717, 1.165) is 9.75 Å². The van der Waals surface area contributed by atoms with Gasteiger partial charge in [0.05, 0.1) is 12.4 Å². The van der Waals surface area contributed by atoms with Crippen LogP contribution >= 0.6 is 22.7 Å². The van der Waals surface area contributed by atoms with Crippen molar-refractivity contribution in [2.75, 3.05) is 0 Å². The molecule has 5 nitrogen and oxygen atoms in total. The standard InChI is InChI=1S/C11H11N5S2/c12-11(15-13-7-9-3-1-5-17-9)16-14-8-10-4-2-6-18-10/h1-8H,(H3,12,15,16)/b13-7-,14-8-. The van der Waals surface area contributed by atoms with Crippen molar-refractivity contribution in [1.29, 1.82) is 0 Å².